The van der Waals surface area contributed by atoms with E-state index in [1.165, 1.54) is 6.20 Å². The van der Waals surface area contributed by atoms with Gasteiger partial charge >= 0.3 is 0 Å². The van der Waals surface area contributed by atoms with Crippen LogP contribution < -0.4 is 16.0 Å². The Labute approximate surface area is 187 Å². The van der Waals surface area contributed by atoms with E-state index in [4.69, 9.17) is 0 Å². The molecule has 3 N–H and O–H groups in total. The molecule has 0 saturated carbocycles. The first-order valence-corrected chi connectivity index (χ1v) is 12.4. The average molecular weight is 451 g/mol. The predicted molar refractivity (Wildman–Crippen MR) is 122 cm³/mol. The van der Waals surface area contributed by atoms with Crippen LogP contribution in [0.3, 0.4) is 0 Å². The summed E-state index contributed by atoms with van der Waals surface area (Å²) >= 11 is 0. The average Bonchev–Trinajstić information content (AvgIpc) is 3.27. The number of carbonyl (C=O) groups excluding carboxylic acids is 1. The second-order valence-electron chi connectivity index (χ2n) is 8.54. The maximum absolute atomic E-state index is 13.2. The van der Waals surface area contributed by atoms with Crippen LogP contribution in [0.15, 0.2) is 70.7 Å². The van der Waals surface area contributed by atoms with Gasteiger partial charge in [-0.05, 0) is 49.5 Å². The molecule has 5 rings (SSSR count). The topological polar surface area (TPSA) is 100 Å². The number of pyridine rings is 1. The standard InChI is InChI=1S/C24H26N4O3S/c29-24(22-11-18-14-25-10-9-21(18)28-22)27-12-16-5-7-19(8-6-16)32(30,31)23-15-26-13-17-3-1-2-4-20(17)23/h1-8,13,15,18,21-22,25,28H,9-12,14H2,(H,27,29). The molecule has 0 radical (unpaired) electrons. The monoisotopic (exact) mass is 450 g/mol. The molecule has 1 amide bonds. The van der Waals surface area contributed by atoms with E-state index in [1.54, 1.807) is 36.5 Å². The normalized spacial score (nSPS) is 23.1. The van der Waals surface area contributed by atoms with Crippen LogP contribution in [0.25, 0.3) is 10.8 Å². The number of benzene rings is 2. The van der Waals surface area contributed by atoms with Crippen LogP contribution in [0.5, 0.6) is 0 Å². The lowest BCUT2D eigenvalue weighted by molar-refractivity contribution is -0.123. The van der Waals surface area contributed by atoms with E-state index < -0.39 is 9.84 Å². The second-order valence-corrected chi connectivity index (χ2v) is 10.5. The number of sulfone groups is 1. The third kappa shape index (κ3) is 4.01. The summed E-state index contributed by atoms with van der Waals surface area (Å²) < 4.78 is 26.4. The largest absolute Gasteiger partial charge is 0.351 e. The first-order valence-electron chi connectivity index (χ1n) is 10.9. The number of carbonyl (C=O) groups is 1. The number of rotatable bonds is 5. The lowest BCUT2D eigenvalue weighted by Gasteiger charge is -2.25. The summed E-state index contributed by atoms with van der Waals surface area (Å²) in [5.74, 6) is 0.505. The van der Waals surface area contributed by atoms with Crippen LogP contribution >= 0.6 is 0 Å². The van der Waals surface area contributed by atoms with Crippen LogP contribution in [0, 0.1) is 5.92 Å². The van der Waals surface area contributed by atoms with E-state index in [-0.39, 0.29) is 21.7 Å². The molecule has 32 heavy (non-hydrogen) atoms. The maximum atomic E-state index is 13.2. The van der Waals surface area contributed by atoms with Gasteiger partial charge in [0, 0.05) is 35.8 Å². The zero-order chi connectivity index (χ0) is 22.1. The minimum Gasteiger partial charge on any atom is -0.351 e. The van der Waals surface area contributed by atoms with Crippen molar-refractivity contribution in [2.24, 2.45) is 5.92 Å². The SMILES string of the molecule is O=C(NCc1ccc(S(=O)(=O)c2cncc3ccccc23)cc1)C1CC2CNCCC2N1. The quantitative estimate of drug-likeness (QED) is 0.550. The van der Waals surface area contributed by atoms with E-state index in [1.807, 2.05) is 18.2 Å². The Morgan fingerprint density at radius 2 is 1.91 bits per heavy atom. The van der Waals surface area contributed by atoms with Gasteiger partial charge in [0.15, 0.2) is 0 Å². The fourth-order valence-corrected chi connectivity index (χ4v) is 6.15. The van der Waals surface area contributed by atoms with Crippen LogP contribution in [0.2, 0.25) is 0 Å². The highest BCUT2D eigenvalue weighted by Crippen LogP contribution is 2.28. The summed E-state index contributed by atoms with van der Waals surface area (Å²) in [7, 11) is -3.70. The summed E-state index contributed by atoms with van der Waals surface area (Å²) in [5, 5.41) is 11.3. The van der Waals surface area contributed by atoms with Crippen molar-refractivity contribution in [1.82, 2.24) is 20.9 Å². The summed E-state index contributed by atoms with van der Waals surface area (Å²) in [6, 6.07) is 14.2. The fourth-order valence-electron chi connectivity index (χ4n) is 4.73. The van der Waals surface area contributed by atoms with Crippen molar-refractivity contribution in [2.45, 2.75) is 41.3 Å². The van der Waals surface area contributed by atoms with Crippen molar-refractivity contribution in [1.29, 1.82) is 0 Å². The van der Waals surface area contributed by atoms with Gasteiger partial charge in [-0.2, -0.15) is 0 Å². The summed E-state index contributed by atoms with van der Waals surface area (Å²) in [5.41, 5.74) is 0.852. The number of hydrogen-bond acceptors (Lipinski definition) is 6. The number of nitrogens with zero attached hydrogens (tertiary/aromatic N) is 1. The first-order chi connectivity index (χ1) is 15.5. The molecule has 1 aromatic heterocycles. The third-order valence-corrected chi connectivity index (χ3v) is 8.30. The van der Waals surface area contributed by atoms with Crippen molar-refractivity contribution in [2.75, 3.05) is 13.1 Å². The van der Waals surface area contributed by atoms with Gasteiger partial charge in [0.1, 0.15) is 0 Å². The molecule has 0 bridgehead atoms. The van der Waals surface area contributed by atoms with Gasteiger partial charge in [0.2, 0.25) is 15.7 Å². The minimum atomic E-state index is -3.70. The molecule has 0 aliphatic carbocycles. The fraction of sp³-hybridized carbons (Fsp3) is 0.333. The molecule has 3 heterocycles. The second kappa shape index (κ2) is 8.61. The molecule has 3 aromatic rings. The molecule has 0 spiro atoms. The smallest absolute Gasteiger partial charge is 0.237 e. The van der Waals surface area contributed by atoms with E-state index in [9.17, 15) is 13.2 Å². The molecule has 2 aliphatic heterocycles. The lowest BCUT2D eigenvalue weighted by atomic mass is 9.94. The Balaban J connectivity index is 1.26. The van der Waals surface area contributed by atoms with Gasteiger partial charge in [-0.3, -0.25) is 9.78 Å². The van der Waals surface area contributed by atoms with Crippen molar-refractivity contribution >= 4 is 26.5 Å². The number of fused-ring (bicyclic) bond motifs is 2. The Morgan fingerprint density at radius 3 is 2.72 bits per heavy atom. The van der Waals surface area contributed by atoms with E-state index in [0.29, 0.717) is 23.9 Å². The number of hydrogen-bond donors (Lipinski definition) is 3. The van der Waals surface area contributed by atoms with Gasteiger partial charge < -0.3 is 16.0 Å². The van der Waals surface area contributed by atoms with E-state index in [2.05, 4.69) is 20.9 Å². The summed E-state index contributed by atoms with van der Waals surface area (Å²) in [6.07, 6.45) is 4.95. The molecule has 166 valence electrons. The van der Waals surface area contributed by atoms with Crippen molar-refractivity contribution < 1.29 is 13.2 Å². The van der Waals surface area contributed by atoms with Crippen LogP contribution in [0.1, 0.15) is 18.4 Å². The van der Waals surface area contributed by atoms with Crippen LogP contribution in [-0.2, 0) is 21.2 Å². The summed E-state index contributed by atoms with van der Waals surface area (Å²) in [6.45, 7) is 2.32. The maximum Gasteiger partial charge on any atom is 0.237 e. The number of nitrogens with one attached hydrogen (secondary N) is 3. The molecular formula is C24H26N4O3S. The zero-order valence-electron chi connectivity index (χ0n) is 17.6. The minimum absolute atomic E-state index is 0.00192. The lowest BCUT2D eigenvalue weighted by Crippen LogP contribution is -2.45. The first kappa shape index (κ1) is 21.1. The number of amides is 1. The van der Waals surface area contributed by atoms with Crippen molar-refractivity contribution in [3.8, 4) is 0 Å². The van der Waals surface area contributed by atoms with Gasteiger partial charge in [-0.1, -0.05) is 36.4 Å². The number of piperidine rings is 1. The van der Waals surface area contributed by atoms with Gasteiger partial charge in [0.25, 0.3) is 0 Å². The van der Waals surface area contributed by atoms with Crippen molar-refractivity contribution in [3.63, 3.8) is 0 Å². The Hall–Kier alpha value is -2.81. The molecule has 3 atom stereocenters. The number of aromatic nitrogens is 1. The zero-order valence-corrected chi connectivity index (χ0v) is 18.4. The Morgan fingerprint density at radius 1 is 1.09 bits per heavy atom. The predicted octanol–water partition coefficient (Wildman–Crippen LogP) is 2.02. The van der Waals surface area contributed by atoms with Crippen molar-refractivity contribution in [3.05, 3.63) is 66.5 Å². The highest BCUT2D eigenvalue weighted by Gasteiger charge is 2.38. The molecule has 2 saturated heterocycles. The van der Waals surface area contributed by atoms with Crippen LogP contribution in [-0.4, -0.2) is 44.5 Å². The Kier molecular flexibility index (Phi) is 5.67. The third-order valence-electron chi connectivity index (χ3n) is 6.50. The summed E-state index contributed by atoms with van der Waals surface area (Å²) in [4.78, 5) is 17.1. The van der Waals surface area contributed by atoms with Gasteiger partial charge in [0.05, 0.1) is 15.8 Å². The molecule has 2 aliphatic rings. The Bertz CT molecular complexity index is 1220. The van der Waals surface area contributed by atoms with Crippen LogP contribution in [0.4, 0.5) is 0 Å². The molecule has 2 aromatic carbocycles. The molecule has 8 heteroatoms. The highest BCUT2D eigenvalue weighted by atomic mass is 32.2. The van der Waals surface area contributed by atoms with E-state index >= 15 is 0 Å². The molecule has 7 nitrogen and oxygen atoms in total. The van der Waals surface area contributed by atoms with E-state index in [0.717, 1.165) is 36.9 Å². The highest BCUT2D eigenvalue weighted by molar-refractivity contribution is 7.91. The van der Waals surface area contributed by atoms with Gasteiger partial charge in [-0.25, -0.2) is 8.42 Å². The molecule has 3 unspecified atom stereocenters. The molecule has 2 fully saturated rings. The van der Waals surface area contributed by atoms with Gasteiger partial charge in [-0.15, -0.1) is 0 Å². The molecular weight excluding hydrogens is 424 g/mol.